The summed E-state index contributed by atoms with van der Waals surface area (Å²) in [5.74, 6) is -0.0115. The van der Waals surface area contributed by atoms with Crippen molar-refractivity contribution in [2.75, 3.05) is 0 Å². The summed E-state index contributed by atoms with van der Waals surface area (Å²) in [5.41, 5.74) is 1.41. The van der Waals surface area contributed by atoms with Crippen LogP contribution in [0, 0.1) is 0 Å². The first kappa shape index (κ1) is 10.6. The largest absolute Gasteiger partial charge is 0.294 e. The van der Waals surface area contributed by atoms with E-state index in [0.717, 1.165) is 10.9 Å². The highest BCUT2D eigenvalue weighted by molar-refractivity contribution is 6.09. The molecule has 0 atom stereocenters. The van der Waals surface area contributed by atoms with Crippen molar-refractivity contribution in [2.24, 2.45) is 0 Å². The van der Waals surface area contributed by atoms with Crippen LogP contribution in [-0.2, 0) is 0 Å². The Morgan fingerprint density at radius 3 is 2.56 bits per heavy atom. The molecule has 82 valence electrons. The first-order valence-corrected chi connectivity index (χ1v) is 5.29. The molecule has 0 saturated heterocycles. The van der Waals surface area contributed by atoms with Gasteiger partial charge in [0.25, 0.3) is 0 Å². The molecule has 2 rings (SSSR count). The van der Waals surface area contributed by atoms with Crippen molar-refractivity contribution in [2.45, 2.75) is 20.3 Å². The summed E-state index contributed by atoms with van der Waals surface area (Å²) >= 11 is 0. The normalized spacial score (nSPS) is 10.6. The molecule has 0 saturated carbocycles. The van der Waals surface area contributed by atoms with Gasteiger partial charge in [0.05, 0.1) is 5.52 Å². The number of nitrogens with zero attached hydrogens (tertiary/aromatic N) is 1. The zero-order valence-electron chi connectivity index (χ0n) is 9.36. The fourth-order valence-corrected chi connectivity index (χ4v) is 1.84. The number of hydrogen-bond acceptors (Lipinski definition) is 2. The van der Waals surface area contributed by atoms with Crippen LogP contribution in [0.5, 0.6) is 0 Å². The van der Waals surface area contributed by atoms with Gasteiger partial charge in [-0.1, -0.05) is 25.1 Å². The Kier molecular flexibility index (Phi) is 2.60. The summed E-state index contributed by atoms with van der Waals surface area (Å²) in [6.45, 7) is 3.33. The first-order valence-electron chi connectivity index (χ1n) is 5.29. The van der Waals surface area contributed by atoms with Crippen LogP contribution >= 0.6 is 0 Å². The molecule has 3 heteroatoms. The minimum absolute atomic E-state index is 0.00343. The standard InChI is InChI=1S/C13H13NO2/c1-3-13(16)14-8-11(9(2)15)10-6-4-5-7-12(10)14/h4-8H,3H2,1-2H3. The van der Waals surface area contributed by atoms with Crippen LogP contribution in [0.4, 0.5) is 0 Å². The second-order valence-corrected chi connectivity index (χ2v) is 3.73. The molecule has 0 fully saturated rings. The second kappa shape index (κ2) is 3.93. The summed E-state index contributed by atoms with van der Waals surface area (Å²) < 4.78 is 1.56. The van der Waals surface area contributed by atoms with E-state index in [2.05, 4.69) is 0 Å². The number of ketones is 1. The topological polar surface area (TPSA) is 39.1 Å². The monoisotopic (exact) mass is 215 g/mol. The smallest absolute Gasteiger partial charge is 0.230 e. The molecule has 2 aromatic rings. The zero-order valence-corrected chi connectivity index (χ0v) is 9.36. The molecule has 0 bridgehead atoms. The van der Waals surface area contributed by atoms with Crippen LogP contribution in [0.3, 0.4) is 0 Å². The molecule has 0 aliphatic carbocycles. The van der Waals surface area contributed by atoms with Crippen molar-refractivity contribution in [3.8, 4) is 0 Å². The summed E-state index contributed by atoms with van der Waals surface area (Å²) in [7, 11) is 0. The predicted octanol–water partition coefficient (Wildman–Crippen LogP) is 2.89. The number of benzene rings is 1. The van der Waals surface area contributed by atoms with E-state index >= 15 is 0 Å². The van der Waals surface area contributed by atoms with Crippen molar-refractivity contribution in [3.05, 3.63) is 36.0 Å². The Morgan fingerprint density at radius 2 is 1.94 bits per heavy atom. The van der Waals surface area contributed by atoms with E-state index in [1.807, 2.05) is 31.2 Å². The lowest BCUT2D eigenvalue weighted by Gasteiger charge is -1.99. The van der Waals surface area contributed by atoms with Gasteiger partial charge in [-0.25, -0.2) is 0 Å². The maximum Gasteiger partial charge on any atom is 0.230 e. The summed E-state index contributed by atoms with van der Waals surface area (Å²) in [5, 5.41) is 0.844. The van der Waals surface area contributed by atoms with Crippen LogP contribution in [0.2, 0.25) is 0 Å². The molecule has 0 aliphatic rings. The molecule has 1 aromatic heterocycles. The fourth-order valence-electron chi connectivity index (χ4n) is 1.84. The zero-order chi connectivity index (χ0) is 11.7. The van der Waals surface area contributed by atoms with Gasteiger partial charge in [-0.2, -0.15) is 0 Å². The number of carbonyl (C=O) groups is 2. The Balaban J connectivity index is 2.76. The predicted molar refractivity (Wildman–Crippen MR) is 62.9 cm³/mol. The van der Waals surface area contributed by atoms with E-state index in [1.165, 1.54) is 6.92 Å². The van der Waals surface area contributed by atoms with E-state index in [1.54, 1.807) is 10.8 Å². The Bertz CT molecular complexity index is 566. The Morgan fingerprint density at radius 1 is 1.25 bits per heavy atom. The van der Waals surface area contributed by atoms with Crippen molar-refractivity contribution >= 4 is 22.6 Å². The van der Waals surface area contributed by atoms with Crippen molar-refractivity contribution in [1.29, 1.82) is 0 Å². The number of hydrogen-bond donors (Lipinski definition) is 0. The van der Waals surface area contributed by atoms with Crippen LogP contribution in [0.1, 0.15) is 35.4 Å². The molecule has 0 aliphatic heterocycles. The first-order chi connectivity index (χ1) is 7.65. The number of fused-ring (bicyclic) bond motifs is 1. The molecule has 0 unspecified atom stereocenters. The van der Waals surface area contributed by atoms with Crippen LogP contribution in [0.25, 0.3) is 10.9 Å². The fraction of sp³-hybridized carbons (Fsp3) is 0.231. The third kappa shape index (κ3) is 1.54. The van der Waals surface area contributed by atoms with Crippen LogP contribution in [-0.4, -0.2) is 16.3 Å². The number of para-hydroxylation sites is 1. The van der Waals surface area contributed by atoms with E-state index < -0.39 is 0 Å². The summed E-state index contributed by atoms with van der Waals surface area (Å²) in [6, 6.07) is 7.46. The SMILES string of the molecule is CCC(=O)n1cc(C(C)=O)c2ccccc21. The Labute approximate surface area is 93.7 Å². The highest BCUT2D eigenvalue weighted by atomic mass is 16.2. The molecule has 1 heterocycles. The lowest BCUT2D eigenvalue weighted by Crippen LogP contribution is -2.07. The van der Waals surface area contributed by atoms with Crippen LogP contribution in [0.15, 0.2) is 30.5 Å². The average Bonchev–Trinajstić information content (AvgIpc) is 2.67. The van der Waals surface area contributed by atoms with Gasteiger partial charge < -0.3 is 0 Å². The molecule has 0 N–H and O–H groups in total. The number of rotatable bonds is 2. The maximum absolute atomic E-state index is 11.7. The van der Waals surface area contributed by atoms with Crippen molar-refractivity contribution in [3.63, 3.8) is 0 Å². The molecular formula is C13H13NO2. The summed E-state index contributed by atoms with van der Waals surface area (Å²) in [6.07, 6.45) is 2.06. The summed E-state index contributed by atoms with van der Waals surface area (Å²) in [4.78, 5) is 23.2. The highest BCUT2D eigenvalue weighted by Crippen LogP contribution is 2.21. The van der Waals surface area contributed by atoms with Crippen molar-refractivity contribution < 1.29 is 9.59 Å². The third-order valence-corrected chi connectivity index (χ3v) is 2.66. The van der Waals surface area contributed by atoms with Gasteiger partial charge in [-0.15, -0.1) is 0 Å². The van der Waals surface area contributed by atoms with Gasteiger partial charge >= 0.3 is 0 Å². The van der Waals surface area contributed by atoms with E-state index in [4.69, 9.17) is 0 Å². The number of carbonyl (C=O) groups excluding carboxylic acids is 2. The van der Waals surface area contributed by atoms with Gasteiger partial charge in [0, 0.05) is 23.6 Å². The van der Waals surface area contributed by atoms with Crippen LogP contribution < -0.4 is 0 Å². The quantitative estimate of drug-likeness (QED) is 0.722. The number of Topliss-reactive ketones (excluding diaryl/α,β-unsaturated/α-hetero) is 1. The molecule has 1 aromatic carbocycles. The second-order valence-electron chi connectivity index (χ2n) is 3.73. The van der Waals surface area contributed by atoms with E-state index in [-0.39, 0.29) is 11.7 Å². The molecule has 0 amide bonds. The van der Waals surface area contributed by atoms with Gasteiger partial charge in [-0.05, 0) is 13.0 Å². The minimum atomic E-state index is -0.0150. The Hall–Kier alpha value is -1.90. The average molecular weight is 215 g/mol. The van der Waals surface area contributed by atoms with Gasteiger partial charge in [0.1, 0.15) is 0 Å². The van der Waals surface area contributed by atoms with Gasteiger partial charge in [0.15, 0.2) is 5.78 Å². The van der Waals surface area contributed by atoms with E-state index in [9.17, 15) is 9.59 Å². The third-order valence-electron chi connectivity index (χ3n) is 2.66. The van der Waals surface area contributed by atoms with Gasteiger partial charge in [-0.3, -0.25) is 14.2 Å². The van der Waals surface area contributed by atoms with E-state index in [0.29, 0.717) is 12.0 Å². The van der Waals surface area contributed by atoms with Gasteiger partial charge in [0.2, 0.25) is 5.91 Å². The highest BCUT2D eigenvalue weighted by Gasteiger charge is 2.14. The van der Waals surface area contributed by atoms with Crippen molar-refractivity contribution in [1.82, 2.24) is 4.57 Å². The molecule has 16 heavy (non-hydrogen) atoms. The maximum atomic E-state index is 11.7. The lowest BCUT2D eigenvalue weighted by molar-refractivity contribution is 0.0914. The molecule has 3 nitrogen and oxygen atoms in total. The minimum Gasteiger partial charge on any atom is -0.294 e. The molecule has 0 spiro atoms. The number of aromatic nitrogens is 1. The molecule has 0 radical (unpaired) electrons. The molecular weight excluding hydrogens is 202 g/mol. The lowest BCUT2D eigenvalue weighted by atomic mass is 10.1.